The molecule has 30 heavy (non-hydrogen) atoms. The van der Waals surface area contributed by atoms with Gasteiger partial charge in [-0.25, -0.2) is 0 Å². The van der Waals surface area contributed by atoms with Crippen LogP contribution in [-0.4, -0.2) is 33.5 Å². The number of ether oxygens (including phenoxy) is 2. The van der Waals surface area contributed by atoms with Crippen LogP contribution in [0, 0.1) is 13.8 Å². The summed E-state index contributed by atoms with van der Waals surface area (Å²) in [6.45, 7) is 5.87. The van der Waals surface area contributed by atoms with E-state index in [1.54, 1.807) is 7.11 Å². The number of carbonyl (C=O) groups is 1. The zero-order valence-electron chi connectivity index (χ0n) is 17.8. The summed E-state index contributed by atoms with van der Waals surface area (Å²) in [7, 11) is 3.48. The molecule has 1 heterocycles. The van der Waals surface area contributed by atoms with Crippen molar-refractivity contribution in [3.8, 4) is 11.5 Å². The molecule has 0 saturated carbocycles. The summed E-state index contributed by atoms with van der Waals surface area (Å²) in [6, 6.07) is 13.4. The highest BCUT2D eigenvalue weighted by molar-refractivity contribution is 7.99. The zero-order valence-corrected chi connectivity index (χ0v) is 18.6. The van der Waals surface area contributed by atoms with Gasteiger partial charge in [0, 0.05) is 18.8 Å². The maximum Gasteiger partial charge on any atom is 0.234 e. The van der Waals surface area contributed by atoms with Gasteiger partial charge in [-0.05, 0) is 44.0 Å². The van der Waals surface area contributed by atoms with Crippen LogP contribution in [0.15, 0.2) is 47.6 Å². The molecule has 1 amide bonds. The van der Waals surface area contributed by atoms with E-state index in [9.17, 15) is 4.79 Å². The van der Waals surface area contributed by atoms with E-state index in [0.29, 0.717) is 16.7 Å². The largest absolute Gasteiger partial charge is 0.497 e. The Kier molecular flexibility index (Phi) is 6.99. The number of para-hydroxylation sites is 1. The van der Waals surface area contributed by atoms with Gasteiger partial charge in [-0.1, -0.05) is 36.0 Å². The SMILES string of the molecule is COc1cccc(OC(C)c2nnc(SCC(=O)Nc3c(C)cccc3C)n2C)c1. The molecule has 0 aliphatic heterocycles. The van der Waals surface area contributed by atoms with Crippen molar-refractivity contribution in [3.63, 3.8) is 0 Å². The van der Waals surface area contributed by atoms with Gasteiger partial charge in [0.15, 0.2) is 17.1 Å². The summed E-state index contributed by atoms with van der Waals surface area (Å²) >= 11 is 1.34. The summed E-state index contributed by atoms with van der Waals surface area (Å²) in [5, 5.41) is 12.1. The minimum atomic E-state index is -0.313. The predicted molar refractivity (Wildman–Crippen MR) is 118 cm³/mol. The molecule has 0 fully saturated rings. The molecule has 1 N–H and O–H groups in total. The fraction of sp³-hybridized carbons (Fsp3) is 0.318. The Morgan fingerprint density at radius 1 is 1.13 bits per heavy atom. The third kappa shape index (κ3) is 5.13. The number of hydrogen-bond donors (Lipinski definition) is 1. The van der Waals surface area contributed by atoms with Gasteiger partial charge in [0.1, 0.15) is 11.5 Å². The van der Waals surface area contributed by atoms with Crippen molar-refractivity contribution < 1.29 is 14.3 Å². The molecule has 0 aliphatic carbocycles. The van der Waals surface area contributed by atoms with Crippen LogP contribution in [0.5, 0.6) is 11.5 Å². The highest BCUT2D eigenvalue weighted by Crippen LogP contribution is 2.26. The molecule has 3 aromatic rings. The van der Waals surface area contributed by atoms with Crippen molar-refractivity contribution in [1.29, 1.82) is 0 Å². The highest BCUT2D eigenvalue weighted by atomic mass is 32.2. The van der Waals surface area contributed by atoms with Crippen LogP contribution in [-0.2, 0) is 11.8 Å². The second kappa shape index (κ2) is 9.67. The van der Waals surface area contributed by atoms with Crippen LogP contribution >= 0.6 is 11.8 Å². The maximum absolute atomic E-state index is 12.4. The van der Waals surface area contributed by atoms with E-state index in [2.05, 4.69) is 15.5 Å². The third-order valence-electron chi connectivity index (χ3n) is 4.66. The van der Waals surface area contributed by atoms with Crippen molar-refractivity contribution in [2.45, 2.75) is 32.0 Å². The van der Waals surface area contributed by atoms with Gasteiger partial charge in [-0.15, -0.1) is 10.2 Å². The molecular weight excluding hydrogens is 400 g/mol. The Morgan fingerprint density at radius 3 is 2.50 bits per heavy atom. The van der Waals surface area contributed by atoms with E-state index in [0.717, 1.165) is 22.6 Å². The Balaban J connectivity index is 1.61. The molecule has 1 atom stereocenters. The quantitative estimate of drug-likeness (QED) is 0.541. The lowest BCUT2D eigenvalue weighted by atomic mass is 10.1. The predicted octanol–water partition coefficient (Wildman–Crippen LogP) is 4.31. The van der Waals surface area contributed by atoms with Crippen molar-refractivity contribution >= 4 is 23.4 Å². The summed E-state index contributed by atoms with van der Waals surface area (Å²) in [5.41, 5.74) is 2.94. The lowest BCUT2D eigenvalue weighted by Crippen LogP contribution is -2.16. The van der Waals surface area contributed by atoms with E-state index >= 15 is 0 Å². The topological polar surface area (TPSA) is 78.3 Å². The third-order valence-corrected chi connectivity index (χ3v) is 5.68. The second-order valence-corrected chi connectivity index (χ2v) is 7.89. The number of nitrogens with one attached hydrogen (secondary N) is 1. The molecule has 0 radical (unpaired) electrons. The van der Waals surface area contributed by atoms with E-state index in [1.165, 1.54) is 11.8 Å². The highest BCUT2D eigenvalue weighted by Gasteiger charge is 2.18. The number of aryl methyl sites for hydroxylation is 2. The molecular formula is C22H26N4O3S. The number of hydrogen-bond acceptors (Lipinski definition) is 6. The average Bonchev–Trinajstić information content (AvgIpc) is 3.10. The lowest BCUT2D eigenvalue weighted by Gasteiger charge is -2.15. The van der Waals surface area contributed by atoms with Crippen LogP contribution in [0.1, 0.15) is 30.0 Å². The lowest BCUT2D eigenvalue weighted by molar-refractivity contribution is -0.113. The minimum Gasteiger partial charge on any atom is -0.497 e. The number of methoxy groups -OCH3 is 1. The first-order valence-corrected chi connectivity index (χ1v) is 10.6. The monoisotopic (exact) mass is 426 g/mol. The van der Waals surface area contributed by atoms with Crippen LogP contribution in [0.4, 0.5) is 5.69 Å². The molecule has 1 unspecified atom stereocenters. The summed E-state index contributed by atoms with van der Waals surface area (Å²) in [4.78, 5) is 12.4. The van der Waals surface area contributed by atoms with Crippen LogP contribution < -0.4 is 14.8 Å². The molecule has 3 rings (SSSR count). The molecule has 158 valence electrons. The van der Waals surface area contributed by atoms with E-state index in [4.69, 9.17) is 9.47 Å². The fourth-order valence-electron chi connectivity index (χ4n) is 3.05. The van der Waals surface area contributed by atoms with Gasteiger partial charge in [-0.2, -0.15) is 0 Å². The number of thioether (sulfide) groups is 1. The van der Waals surface area contributed by atoms with Gasteiger partial charge in [0.25, 0.3) is 0 Å². The van der Waals surface area contributed by atoms with Gasteiger partial charge < -0.3 is 19.4 Å². The smallest absolute Gasteiger partial charge is 0.234 e. The Morgan fingerprint density at radius 2 is 1.80 bits per heavy atom. The Labute approximate surface area is 180 Å². The Bertz CT molecular complexity index is 1010. The summed E-state index contributed by atoms with van der Waals surface area (Å²) in [6.07, 6.45) is -0.313. The molecule has 1 aromatic heterocycles. The molecule has 0 saturated heterocycles. The molecule has 2 aromatic carbocycles. The van der Waals surface area contributed by atoms with E-state index in [1.807, 2.05) is 74.9 Å². The zero-order chi connectivity index (χ0) is 21.7. The fourth-order valence-corrected chi connectivity index (χ4v) is 3.77. The maximum atomic E-state index is 12.4. The summed E-state index contributed by atoms with van der Waals surface area (Å²) < 4.78 is 13.1. The van der Waals surface area contributed by atoms with Gasteiger partial charge >= 0.3 is 0 Å². The van der Waals surface area contributed by atoms with Crippen LogP contribution in [0.3, 0.4) is 0 Å². The van der Waals surface area contributed by atoms with Crippen molar-refractivity contribution in [2.75, 3.05) is 18.2 Å². The Hall–Kier alpha value is -3.00. The standard InChI is InChI=1S/C22H26N4O3S/c1-14-8-6-9-15(2)20(14)23-19(27)13-30-22-25-24-21(26(22)4)16(3)29-18-11-7-10-17(12-18)28-5/h6-12,16H,13H2,1-5H3,(H,23,27). The first-order chi connectivity index (χ1) is 14.4. The number of aromatic nitrogens is 3. The normalized spacial score (nSPS) is 11.8. The first kappa shape index (κ1) is 21.7. The molecule has 0 bridgehead atoms. The second-order valence-electron chi connectivity index (χ2n) is 6.94. The van der Waals surface area contributed by atoms with E-state index in [-0.39, 0.29) is 17.8 Å². The van der Waals surface area contributed by atoms with Crippen LogP contribution in [0.25, 0.3) is 0 Å². The number of benzene rings is 2. The van der Waals surface area contributed by atoms with Gasteiger partial charge in [-0.3, -0.25) is 4.79 Å². The number of anilines is 1. The molecule has 8 heteroatoms. The molecule has 7 nitrogen and oxygen atoms in total. The van der Waals surface area contributed by atoms with Crippen LogP contribution in [0.2, 0.25) is 0 Å². The summed E-state index contributed by atoms with van der Waals surface area (Å²) in [5.74, 6) is 2.25. The van der Waals surface area contributed by atoms with Crippen molar-refractivity contribution in [1.82, 2.24) is 14.8 Å². The van der Waals surface area contributed by atoms with Crippen molar-refractivity contribution in [2.24, 2.45) is 7.05 Å². The average molecular weight is 427 g/mol. The number of rotatable bonds is 8. The molecule has 0 spiro atoms. The number of nitrogens with zero attached hydrogens (tertiary/aromatic N) is 3. The van der Waals surface area contributed by atoms with E-state index < -0.39 is 0 Å². The number of amides is 1. The molecule has 0 aliphatic rings. The number of carbonyl (C=O) groups excluding carboxylic acids is 1. The first-order valence-electron chi connectivity index (χ1n) is 9.58. The van der Waals surface area contributed by atoms with Crippen molar-refractivity contribution in [3.05, 3.63) is 59.4 Å². The minimum absolute atomic E-state index is 0.0809. The van der Waals surface area contributed by atoms with Gasteiger partial charge in [0.2, 0.25) is 5.91 Å². The van der Waals surface area contributed by atoms with Gasteiger partial charge in [0.05, 0.1) is 12.9 Å².